The molecule has 2 saturated carbocycles. The summed E-state index contributed by atoms with van der Waals surface area (Å²) in [5.41, 5.74) is 0.350. The molecule has 2 aliphatic carbocycles. The van der Waals surface area contributed by atoms with Crippen LogP contribution in [-0.4, -0.2) is 33.5 Å². The summed E-state index contributed by atoms with van der Waals surface area (Å²) in [7, 11) is -2.29. The van der Waals surface area contributed by atoms with Gasteiger partial charge in [-0.05, 0) is 43.9 Å². The molecule has 0 radical (unpaired) electrons. The van der Waals surface area contributed by atoms with Crippen molar-refractivity contribution in [2.75, 3.05) is 7.11 Å². The van der Waals surface area contributed by atoms with Gasteiger partial charge in [0.25, 0.3) is 5.91 Å². The number of carbonyl (C=O) groups excluding carboxylic acids is 1. The van der Waals surface area contributed by atoms with Gasteiger partial charge >= 0.3 is 0 Å². The van der Waals surface area contributed by atoms with Crippen molar-refractivity contribution in [2.45, 2.75) is 74.8 Å². The highest BCUT2D eigenvalue weighted by atomic mass is 32.2. The lowest BCUT2D eigenvalue weighted by molar-refractivity contribution is 0.0927. The molecule has 26 heavy (non-hydrogen) atoms. The quantitative estimate of drug-likeness (QED) is 0.795. The van der Waals surface area contributed by atoms with E-state index in [1.165, 1.54) is 19.6 Å². The number of hydrogen-bond acceptors (Lipinski definition) is 4. The zero-order valence-electron chi connectivity index (χ0n) is 15.3. The van der Waals surface area contributed by atoms with E-state index in [2.05, 4.69) is 10.0 Å². The van der Waals surface area contributed by atoms with Crippen LogP contribution in [0.1, 0.15) is 68.1 Å². The first-order valence-electron chi connectivity index (χ1n) is 9.51. The molecule has 1 aromatic carbocycles. The average Bonchev–Trinajstić information content (AvgIpc) is 3.14. The fraction of sp³-hybridized carbons (Fsp3) is 0.632. The summed E-state index contributed by atoms with van der Waals surface area (Å²) in [6, 6.07) is 4.73. The van der Waals surface area contributed by atoms with Gasteiger partial charge in [-0.3, -0.25) is 4.79 Å². The second-order valence-corrected chi connectivity index (χ2v) is 8.96. The molecular weight excluding hydrogens is 352 g/mol. The number of amides is 1. The summed E-state index contributed by atoms with van der Waals surface area (Å²) < 4.78 is 33.6. The van der Waals surface area contributed by atoms with Crippen LogP contribution in [-0.2, 0) is 10.0 Å². The SMILES string of the molecule is COc1ccc(C(=O)NC2CCCCC2)cc1S(=O)(=O)NC1CCCC1. The van der Waals surface area contributed by atoms with Crippen LogP contribution in [0, 0.1) is 0 Å². The minimum Gasteiger partial charge on any atom is -0.495 e. The summed E-state index contributed by atoms with van der Waals surface area (Å²) in [6.07, 6.45) is 9.20. The Labute approximate surface area is 155 Å². The lowest BCUT2D eigenvalue weighted by atomic mass is 9.95. The molecule has 0 atom stereocenters. The zero-order valence-corrected chi connectivity index (χ0v) is 16.1. The zero-order chi connectivity index (χ0) is 18.6. The third kappa shape index (κ3) is 4.57. The van der Waals surface area contributed by atoms with Gasteiger partial charge in [-0.1, -0.05) is 32.1 Å². The Hall–Kier alpha value is -1.60. The Balaban J connectivity index is 1.80. The van der Waals surface area contributed by atoms with E-state index in [0.717, 1.165) is 51.4 Å². The minimum atomic E-state index is -3.73. The van der Waals surface area contributed by atoms with Crippen molar-refractivity contribution in [3.8, 4) is 5.75 Å². The maximum absolute atomic E-state index is 12.8. The molecule has 7 heteroatoms. The number of rotatable bonds is 6. The van der Waals surface area contributed by atoms with Crippen molar-refractivity contribution < 1.29 is 17.9 Å². The number of hydrogen-bond donors (Lipinski definition) is 2. The number of sulfonamides is 1. The molecule has 0 unspecified atom stereocenters. The maximum Gasteiger partial charge on any atom is 0.251 e. The number of carbonyl (C=O) groups is 1. The van der Waals surface area contributed by atoms with E-state index in [4.69, 9.17) is 4.74 Å². The van der Waals surface area contributed by atoms with Crippen LogP contribution < -0.4 is 14.8 Å². The minimum absolute atomic E-state index is 0.0307. The van der Waals surface area contributed by atoms with Gasteiger partial charge in [0.15, 0.2) is 0 Å². The van der Waals surface area contributed by atoms with Gasteiger partial charge in [-0.15, -0.1) is 0 Å². The maximum atomic E-state index is 12.8. The van der Waals surface area contributed by atoms with Crippen molar-refractivity contribution in [3.05, 3.63) is 23.8 Å². The van der Waals surface area contributed by atoms with Gasteiger partial charge in [0.1, 0.15) is 10.6 Å². The molecule has 0 bridgehead atoms. The fourth-order valence-electron chi connectivity index (χ4n) is 3.87. The first-order chi connectivity index (χ1) is 12.5. The largest absolute Gasteiger partial charge is 0.495 e. The van der Waals surface area contributed by atoms with E-state index in [-0.39, 0.29) is 28.6 Å². The van der Waals surface area contributed by atoms with Crippen molar-refractivity contribution in [2.24, 2.45) is 0 Å². The molecule has 0 saturated heterocycles. The highest BCUT2D eigenvalue weighted by molar-refractivity contribution is 7.89. The standard InChI is InChI=1S/C19H28N2O4S/c1-25-17-12-11-14(19(22)20-15-7-3-2-4-8-15)13-18(17)26(23,24)21-16-9-5-6-10-16/h11-13,15-16,21H,2-10H2,1H3,(H,20,22). The van der Waals surface area contributed by atoms with E-state index < -0.39 is 10.0 Å². The molecule has 2 fully saturated rings. The van der Waals surface area contributed by atoms with Gasteiger partial charge in [0.2, 0.25) is 10.0 Å². The van der Waals surface area contributed by atoms with Crippen molar-refractivity contribution in [1.82, 2.24) is 10.0 Å². The molecule has 144 valence electrons. The highest BCUT2D eigenvalue weighted by Crippen LogP contribution is 2.27. The van der Waals surface area contributed by atoms with Gasteiger partial charge in [0.05, 0.1) is 7.11 Å². The van der Waals surface area contributed by atoms with E-state index >= 15 is 0 Å². The molecule has 1 aromatic rings. The molecule has 3 rings (SSSR count). The third-order valence-electron chi connectivity index (χ3n) is 5.33. The molecule has 2 N–H and O–H groups in total. The molecule has 0 heterocycles. The van der Waals surface area contributed by atoms with Crippen LogP contribution in [0.4, 0.5) is 0 Å². The summed E-state index contributed by atoms with van der Waals surface area (Å²) in [5, 5.41) is 3.03. The number of methoxy groups -OCH3 is 1. The van der Waals surface area contributed by atoms with E-state index in [0.29, 0.717) is 5.56 Å². The number of nitrogens with one attached hydrogen (secondary N) is 2. The smallest absolute Gasteiger partial charge is 0.251 e. The molecule has 1 amide bonds. The monoisotopic (exact) mass is 380 g/mol. The van der Waals surface area contributed by atoms with Gasteiger partial charge < -0.3 is 10.1 Å². The van der Waals surface area contributed by atoms with Crippen LogP contribution in [0.15, 0.2) is 23.1 Å². The predicted molar refractivity (Wildman–Crippen MR) is 99.9 cm³/mol. The predicted octanol–water partition coefficient (Wildman–Crippen LogP) is 2.98. The van der Waals surface area contributed by atoms with E-state index in [1.54, 1.807) is 12.1 Å². The number of ether oxygens (including phenoxy) is 1. The Kier molecular flexibility index (Phi) is 6.19. The molecule has 0 spiro atoms. The highest BCUT2D eigenvalue weighted by Gasteiger charge is 2.27. The Morgan fingerprint density at radius 2 is 1.62 bits per heavy atom. The van der Waals surface area contributed by atoms with Crippen molar-refractivity contribution in [1.29, 1.82) is 0 Å². The molecule has 0 aliphatic heterocycles. The van der Waals surface area contributed by atoms with Gasteiger partial charge in [-0.25, -0.2) is 13.1 Å². The summed E-state index contributed by atoms with van der Waals surface area (Å²) >= 11 is 0. The number of benzene rings is 1. The molecule has 0 aromatic heterocycles. The molecule has 2 aliphatic rings. The van der Waals surface area contributed by atoms with Crippen molar-refractivity contribution >= 4 is 15.9 Å². The topological polar surface area (TPSA) is 84.5 Å². The second-order valence-electron chi connectivity index (χ2n) is 7.28. The van der Waals surface area contributed by atoms with Crippen LogP contribution >= 0.6 is 0 Å². The Bertz CT molecular complexity index is 736. The van der Waals surface area contributed by atoms with Crippen LogP contribution in [0.25, 0.3) is 0 Å². The lowest BCUT2D eigenvalue weighted by Crippen LogP contribution is -2.36. The summed E-state index contributed by atoms with van der Waals surface area (Å²) in [5.74, 6) is 0.0292. The average molecular weight is 381 g/mol. The van der Waals surface area contributed by atoms with Gasteiger partial charge in [0, 0.05) is 17.6 Å². The fourth-order valence-corrected chi connectivity index (χ4v) is 5.37. The van der Waals surface area contributed by atoms with E-state index in [1.807, 2.05) is 0 Å². The molecule has 6 nitrogen and oxygen atoms in total. The summed E-state index contributed by atoms with van der Waals surface area (Å²) in [4.78, 5) is 12.6. The van der Waals surface area contributed by atoms with E-state index in [9.17, 15) is 13.2 Å². The molecular formula is C19H28N2O4S. The third-order valence-corrected chi connectivity index (χ3v) is 6.87. The lowest BCUT2D eigenvalue weighted by Gasteiger charge is -2.23. The van der Waals surface area contributed by atoms with Crippen LogP contribution in [0.5, 0.6) is 5.75 Å². The second kappa shape index (κ2) is 8.39. The van der Waals surface area contributed by atoms with Crippen molar-refractivity contribution in [3.63, 3.8) is 0 Å². The van der Waals surface area contributed by atoms with Crippen LogP contribution in [0.2, 0.25) is 0 Å². The summed E-state index contributed by atoms with van der Waals surface area (Å²) in [6.45, 7) is 0. The normalized spacial score (nSPS) is 19.4. The Morgan fingerprint density at radius 1 is 1.00 bits per heavy atom. The van der Waals surface area contributed by atoms with Crippen LogP contribution in [0.3, 0.4) is 0 Å². The van der Waals surface area contributed by atoms with Gasteiger partial charge in [-0.2, -0.15) is 0 Å². The Morgan fingerprint density at radius 3 is 2.27 bits per heavy atom. The first kappa shape index (κ1) is 19.2. The first-order valence-corrected chi connectivity index (χ1v) is 11.0.